The molecule has 3 aromatic rings. The monoisotopic (exact) mass is 472 g/mol. The molecule has 2 aromatic carbocycles. The Labute approximate surface area is 194 Å². The predicted octanol–water partition coefficient (Wildman–Crippen LogP) is 4.89. The van der Waals surface area contributed by atoms with Gasteiger partial charge in [-0.1, -0.05) is 30.3 Å². The summed E-state index contributed by atoms with van der Waals surface area (Å²) in [5.41, 5.74) is -0.293. The van der Waals surface area contributed by atoms with Crippen LogP contribution < -0.4 is 10.6 Å². The third-order valence-corrected chi connectivity index (χ3v) is 4.73. The van der Waals surface area contributed by atoms with Gasteiger partial charge in [0.2, 0.25) is 0 Å². The second-order valence-electron chi connectivity index (χ2n) is 7.26. The third-order valence-electron chi connectivity index (χ3n) is 4.73. The number of furan rings is 1. The van der Waals surface area contributed by atoms with Gasteiger partial charge in [0.15, 0.2) is 0 Å². The Balaban J connectivity index is 1.85. The van der Waals surface area contributed by atoms with Gasteiger partial charge in [0.05, 0.1) is 5.56 Å². The fourth-order valence-electron chi connectivity index (χ4n) is 3.03. The summed E-state index contributed by atoms with van der Waals surface area (Å²) in [4.78, 5) is 25.3. The highest BCUT2D eigenvalue weighted by atomic mass is 19.4. The molecule has 3 rings (SSSR count). The van der Waals surface area contributed by atoms with Gasteiger partial charge in [-0.3, -0.25) is 9.59 Å². The number of benzene rings is 2. The van der Waals surface area contributed by atoms with Gasteiger partial charge in [-0.2, -0.15) is 13.2 Å². The first kappa shape index (κ1) is 24.8. The maximum atomic E-state index is 13.0. The van der Waals surface area contributed by atoms with E-state index in [1.807, 2.05) is 0 Å². The van der Waals surface area contributed by atoms with Crippen LogP contribution in [0.2, 0.25) is 0 Å². The van der Waals surface area contributed by atoms with Crippen LogP contribution in [0.5, 0.6) is 0 Å². The largest absolute Gasteiger partial charge is 0.457 e. The Morgan fingerprint density at radius 1 is 1.03 bits per heavy atom. The van der Waals surface area contributed by atoms with Crippen LogP contribution in [-0.2, 0) is 15.7 Å². The van der Waals surface area contributed by atoms with Crippen LogP contribution in [0.4, 0.5) is 13.2 Å². The van der Waals surface area contributed by atoms with Crippen molar-refractivity contribution in [1.82, 2.24) is 10.6 Å². The Hall–Kier alpha value is -3.85. The molecule has 0 atom stereocenters. The number of ether oxygens (including phenoxy) is 1. The number of alkyl halides is 3. The van der Waals surface area contributed by atoms with Gasteiger partial charge in [-0.15, -0.1) is 0 Å². The number of rotatable bonds is 9. The summed E-state index contributed by atoms with van der Waals surface area (Å²) in [5, 5.41) is 5.26. The molecular weight excluding hydrogens is 449 g/mol. The number of amides is 2. The third kappa shape index (κ3) is 6.82. The maximum Gasteiger partial charge on any atom is 0.416 e. The van der Waals surface area contributed by atoms with Gasteiger partial charge in [0, 0.05) is 37.5 Å². The van der Waals surface area contributed by atoms with Gasteiger partial charge < -0.3 is 19.8 Å². The zero-order chi connectivity index (χ0) is 24.6. The molecule has 6 nitrogen and oxygen atoms in total. The van der Waals surface area contributed by atoms with Crippen molar-refractivity contribution in [2.75, 3.05) is 20.3 Å². The van der Waals surface area contributed by atoms with E-state index in [9.17, 15) is 22.8 Å². The minimum absolute atomic E-state index is 0.0730. The molecule has 0 radical (unpaired) electrons. The standard InChI is InChI=1S/C25H23F3N2O4/c1-33-14-6-13-29-24(32)21(30-23(31)17-7-3-2-4-8-17)16-20-11-12-22(34-20)18-9-5-10-19(15-18)25(26,27)28/h2-5,7-12,15-16H,6,13-14H2,1H3,(H,29,32)(H,30,31)/b21-16-. The number of nitrogens with one attached hydrogen (secondary N) is 2. The molecule has 34 heavy (non-hydrogen) atoms. The Morgan fingerprint density at radius 2 is 1.79 bits per heavy atom. The molecule has 0 aliphatic rings. The van der Waals surface area contributed by atoms with Crippen molar-refractivity contribution in [2.24, 2.45) is 0 Å². The van der Waals surface area contributed by atoms with Crippen molar-refractivity contribution >= 4 is 17.9 Å². The number of carbonyl (C=O) groups is 2. The zero-order valence-electron chi connectivity index (χ0n) is 18.3. The minimum atomic E-state index is -4.48. The average molecular weight is 472 g/mol. The molecule has 0 saturated heterocycles. The van der Waals surface area contributed by atoms with E-state index < -0.39 is 23.6 Å². The number of carbonyl (C=O) groups excluding carboxylic acids is 2. The van der Waals surface area contributed by atoms with Crippen molar-refractivity contribution in [3.63, 3.8) is 0 Å². The highest BCUT2D eigenvalue weighted by Gasteiger charge is 2.30. The predicted molar refractivity (Wildman–Crippen MR) is 121 cm³/mol. The van der Waals surface area contributed by atoms with Gasteiger partial charge >= 0.3 is 6.18 Å². The molecular formula is C25H23F3N2O4. The van der Waals surface area contributed by atoms with E-state index in [-0.39, 0.29) is 22.8 Å². The number of hydrogen-bond acceptors (Lipinski definition) is 4. The molecule has 1 heterocycles. The molecule has 9 heteroatoms. The van der Waals surface area contributed by atoms with Crippen LogP contribution in [-0.4, -0.2) is 32.1 Å². The van der Waals surface area contributed by atoms with Gasteiger partial charge in [-0.05, 0) is 42.8 Å². The van der Waals surface area contributed by atoms with Gasteiger partial charge in [0.25, 0.3) is 11.8 Å². The lowest BCUT2D eigenvalue weighted by atomic mass is 10.1. The van der Waals surface area contributed by atoms with Crippen molar-refractivity contribution in [3.05, 3.63) is 89.3 Å². The first-order valence-corrected chi connectivity index (χ1v) is 10.4. The maximum absolute atomic E-state index is 13.0. The molecule has 0 unspecified atom stereocenters. The SMILES string of the molecule is COCCCNC(=O)/C(=C/c1ccc(-c2cccc(C(F)(F)F)c2)o1)NC(=O)c1ccccc1. The van der Waals surface area contributed by atoms with Crippen LogP contribution in [0, 0.1) is 0 Å². The van der Waals surface area contributed by atoms with E-state index in [2.05, 4.69) is 10.6 Å². The molecule has 0 saturated carbocycles. The summed E-state index contributed by atoms with van der Waals surface area (Å²) in [5.74, 6) is -0.671. The van der Waals surface area contributed by atoms with Crippen molar-refractivity contribution in [3.8, 4) is 11.3 Å². The molecule has 0 fully saturated rings. The summed E-state index contributed by atoms with van der Waals surface area (Å²) in [6, 6.07) is 16.1. The minimum Gasteiger partial charge on any atom is -0.457 e. The van der Waals surface area contributed by atoms with Crippen molar-refractivity contribution in [2.45, 2.75) is 12.6 Å². The topological polar surface area (TPSA) is 80.6 Å². The number of halogens is 3. The van der Waals surface area contributed by atoms with Crippen molar-refractivity contribution < 1.29 is 31.9 Å². The summed E-state index contributed by atoms with van der Waals surface area (Å²) >= 11 is 0. The molecule has 0 bridgehead atoms. The Kier molecular flexibility index (Phi) is 8.26. The molecule has 1 aromatic heterocycles. The lowest BCUT2D eigenvalue weighted by molar-refractivity contribution is -0.137. The van der Waals surface area contributed by atoms with Crippen LogP contribution in [0.1, 0.15) is 28.1 Å². The first-order valence-electron chi connectivity index (χ1n) is 10.4. The molecule has 0 aliphatic carbocycles. The van der Waals surface area contributed by atoms with E-state index in [0.29, 0.717) is 25.1 Å². The fourth-order valence-corrected chi connectivity index (χ4v) is 3.03. The number of hydrogen-bond donors (Lipinski definition) is 2. The van der Waals surface area contributed by atoms with E-state index in [1.54, 1.807) is 37.4 Å². The Bertz CT molecular complexity index is 1150. The van der Waals surface area contributed by atoms with E-state index in [1.165, 1.54) is 30.3 Å². The molecule has 2 N–H and O–H groups in total. The van der Waals surface area contributed by atoms with Gasteiger partial charge in [0.1, 0.15) is 17.2 Å². The quantitative estimate of drug-likeness (QED) is 0.343. The van der Waals surface area contributed by atoms with Crippen LogP contribution in [0.15, 0.2) is 76.8 Å². The lowest BCUT2D eigenvalue weighted by Crippen LogP contribution is -2.35. The van der Waals surface area contributed by atoms with Crippen LogP contribution >= 0.6 is 0 Å². The highest BCUT2D eigenvalue weighted by molar-refractivity contribution is 6.05. The smallest absolute Gasteiger partial charge is 0.416 e. The van der Waals surface area contributed by atoms with Crippen LogP contribution in [0.25, 0.3) is 17.4 Å². The fraction of sp³-hybridized carbons (Fsp3) is 0.200. The summed E-state index contributed by atoms with van der Waals surface area (Å²) < 4.78 is 49.7. The lowest BCUT2D eigenvalue weighted by Gasteiger charge is -2.11. The second kappa shape index (κ2) is 11.3. The summed E-state index contributed by atoms with van der Waals surface area (Å²) in [6.07, 6.45) is -2.59. The molecule has 2 amide bonds. The zero-order valence-corrected chi connectivity index (χ0v) is 18.3. The van der Waals surface area contributed by atoms with E-state index in [0.717, 1.165) is 12.1 Å². The van der Waals surface area contributed by atoms with Crippen LogP contribution in [0.3, 0.4) is 0 Å². The van der Waals surface area contributed by atoms with E-state index >= 15 is 0 Å². The highest BCUT2D eigenvalue weighted by Crippen LogP contribution is 2.32. The van der Waals surface area contributed by atoms with E-state index in [4.69, 9.17) is 9.15 Å². The molecule has 0 aliphatic heterocycles. The molecule has 0 spiro atoms. The average Bonchev–Trinajstić information content (AvgIpc) is 3.30. The summed E-state index contributed by atoms with van der Waals surface area (Å²) in [6.45, 7) is 0.771. The number of methoxy groups -OCH3 is 1. The second-order valence-corrected chi connectivity index (χ2v) is 7.26. The Morgan fingerprint density at radius 3 is 2.50 bits per heavy atom. The first-order chi connectivity index (χ1) is 16.3. The van der Waals surface area contributed by atoms with Gasteiger partial charge in [-0.25, -0.2) is 0 Å². The summed E-state index contributed by atoms with van der Waals surface area (Å²) in [7, 11) is 1.55. The van der Waals surface area contributed by atoms with Crippen molar-refractivity contribution in [1.29, 1.82) is 0 Å². The normalized spacial score (nSPS) is 11.8. The molecule has 178 valence electrons.